The Bertz CT molecular complexity index is 747. The number of anilines is 1. The molecule has 1 heterocycles. The lowest BCUT2D eigenvalue weighted by Crippen LogP contribution is -2.56. The van der Waals surface area contributed by atoms with Crippen LogP contribution in [0.15, 0.2) is 48.5 Å². The largest absolute Gasteiger partial charge is 0.399 e. The summed E-state index contributed by atoms with van der Waals surface area (Å²) in [7, 11) is 0. The zero-order valence-electron chi connectivity index (χ0n) is 14.9. The van der Waals surface area contributed by atoms with E-state index in [1.165, 1.54) is 0 Å². The molecule has 1 saturated heterocycles. The van der Waals surface area contributed by atoms with Gasteiger partial charge >= 0.3 is 0 Å². The fourth-order valence-corrected chi connectivity index (χ4v) is 3.09. The number of amides is 1. The third-order valence-corrected chi connectivity index (χ3v) is 4.63. The molecule has 1 atom stereocenters. The van der Waals surface area contributed by atoms with E-state index >= 15 is 0 Å². The molecule has 0 spiro atoms. The van der Waals surface area contributed by atoms with Crippen molar-refractivity contribution in [3.05, 3.63) is 65.2 Å². The number of benzene rings is 2. The SMILES string of the molecule is Cc1ccc(N)cc1C(=O)N1CC(c2ccccc2)OCC1(C)C.Cl. The summed E-state index contributed by atoms with van der Waals surface area (Å²) in [6, 6.07) is 15.5. The summed E-state index contributed by atoms with van der Waals surface area (Å²) in [6.07, 6.45) is -0.107. The summed E-state index contributed by atoms with van der Waals surface area (Å²) in [5, 5.41) is 0. The van der Waals surface area contributed by atoms with Gasteiger partial charge in [-0.05, 0) is 44.0 Å². The van der Waals surface area contributed by atoms with Crippen molar-refractivity contribution in [2.45, 2.75) is 32.4 Å². The van der Waals surface area contributed by atoms with Crippen LogP contribution in [-0.4, -0.2) is 29.5 Å². The number of nitrogen functional groups attached to an aromatic ring is 1. The molecular formula is C20H25ClN2O2. The van der Waals surface area contributed by atoms with E-state index in [0.717, 1.165) is 11.1 Å². The Labute approximate surface area is 155 Å². The third kappa shape index (κ3) is 3.97. The third-order valence-electron chi connectivity index (χ3n) is 4.63. The topological polar surface area (TPSA) is 55.6 Å². The molecule has 4 nitrogen and oxygen atoms in total. The number of rotatable bonds is 2. The van der Waals surface area contributed by atoms with Crippen LogP contribution in [0.1, 0.15) is 41.4 Å². The Morgan fingerprint density at radius 2 is 1.88 bits per heavy atom. The van der Waals surface area contributed by atoms with E-state index in [-0.39, 0.29) is 30.0 Å². The quantitative estimate of drug-likeness (QED) is 0.824. The van der Waals surface area contributed by atoms with Gasteiger partial charge in [-0.1, -0.05) is 36.4 Å². The van der Waals surface area contributed by atoms with Gasteiger partial charge in [-0.2, -0.15) is 0 Å². The first-order valence-electron chi connectivity index (χ1n) is 8.23. The highest BCUT2D eigenvalue weighted by atomic mass is 35.5. The number of hydrogen-bond acceptors (Lipinski definition) is 3. The highest BCUT2D eigenvalue weighted by Gasteiger charge is 2.39. The molecule has 1 aliphatic heterocycles. The number of morpholine rings is 1. The second kappa shape index (κ2) is 7.46. The van der Waals surface area contributed by atoms with Crippen molar-refractivity contribution in [2.75, 3.05) is 18.9 Å². The normalized spacial score (nSPS) is 19.2. The van der Waals surface area contributed by atoms with Gasteiger partial charge in [0.05, 0.1) is 18.7 Å². The highest BCUT2D eigenvalue weighted by Crippen LogP contribution is 2.32. The summed E-state index contributed by atoms with van der Waals surface area (Å²) >= 11 is 0. The predicted molar refractivity (Wildman–Crippen MR) is 103 cm³/mol. The number of nitrogens with two attached hydrogens (primary N) is 1. The molecular weight excluding hydrogens is 336 g/mol. The monoisotopic (exact) mass is 360 g/mol. The number of ether oxygens (including phenoxy) is 1. The lowest BCUT2D eigenvalue weighted by molar-refractivity contribution is -0.0846. The number of aryl methyl sites for hydroxylation is 1. The van der Waals surface area contributed by atoms with E-state index in [9.17, 15) is 4.79 Å². The first-order chi connectivity index (χ1) is 11.4. The first kappa shape index (κ1) is 19.3. The van der Waals surface area contributed by atoms with Gasteiger partial charge in [0.1, 0.15) is 6.10 Å². The molecule has 3 rings (SSSR count). The summed E-state index contributed by atoms with van der Waals surface area (Å²) < 4.78 is 6.03. The van der Waals surface area contributed by atoms with E-state index < -0.39 is 0 Å². The Hall–Kier alpha value is -2.04. The van der Waals surface area contributed by atoms with Gasteiger partial charge in [-0.3, -0.25) is 4.79 Å². The predicted octanol–water partition coefficient (Wildman–Crippen LogP) is 3.99. The smallest absolute Gasteiger partial charge is 0.254 e. The van der Waals surface area contributed by atoms with Gasteiger partial charge in [0, 0.05) is 11.3 Å². The summed E-state index contributed by atoms with van der Waals surface area (Å²) in [5.41, 5.74) is 8.82. The Kier molecular flexibility index (Phi) is 5.76. The van der Waals surface area contributed by atoms with Crippen molar-refractivity contribution in [3.63, 3.8) is 0 Å². The molecule has 0 saturated carbocycles. The zero-order chi connectivity index (χ0) is 17.3. The number of halogens is 1. The molecule has 1 amide bonds. The van der Waals surface area contributed by atoms with E-state index in [2.05, 4.69) is 0 Å². The molecule has 5 heteroatoms. The van der Waals surface area contributed by atoms with Crippen LogP contribution < -0.4 is 5.73 Å². The number of carbonyl (C=O) groups excluding carboxylic acids is 1. The number of nitrogens with zero attached hydrogens (tertiary/aromatic N) is 1. The maximum Gasteiger partial charge on any atom is 0.254 e. The zero-order valence-corrected chi connectivity index (χ0v) is 15.7. The first-order valence-corrected chi connectivity index (χ1v) is 8.23. The Morgan fingerprint density at radius 1 is 1.20 bits per heavy atom. The van der Waals surface area contributed by atoms with Crippen molar-refractivity contribution in [1.29, 1.82) is 0 Å². The van der Waals surface area contributed by atoms with Gasteiger partial charge in [0.15, 0.2) is 0 Å². The average molecular weight is 361 g/mol. The van der Waals surface area contributed by atoms with Crippen molar-refractivity contribution in [1.82, 2.24) is 4.90 Å². The molecule has 2 N–H and O–H groups in total. The molecule has 1 fully saturated rings. The second-order valence-electron chi connectivity index (χ2n) is 7.01. The molecule has 0 aliphatic carbocycles. The fraction of sp³-hybridized carbons (Fsp3) is 0.350. The molecule has 2 aromatic rings. The van der Waals surface area contributed by atoms with Gasteiger partial charge in [-0.25, -0.2) is 0 Å². The fourth-order valence-electron chi connectivity index (χ4n) is 3.09. The van der Waals surface area contributed by atoms with Crippen LogP contribution in [0, 0.1) is 6.92 Å². The Morgan fingerprint density at radius 3 is 2.56 bits per heavy atom. The van der Waals surface area contributed by atoms with Crippen molar-refractivity contribution in [3.8, 4) is 0 Å². The van der Waals surface area contributed by atoms with E-state index in [1.54, 1.807) is 6.07 Å². The van der Waals surface area contributed by atoms with Gasteiger partial charge in [-0.15, -0.1) is 12.4 Å². The molecule has 1 unspecified atom stereocenters. The minimum absolute atomic E-state index is 0. The van der Waals surface area contributed by atoms with Crippen LogP contribution in [0.25, 0.3) is 0 Å². The molecule has 134 valence electrons. The summed E-state index contributed by atoms with van der Waals surface area (Å²) in [6.45, 7) is 7.04. The van der Waals surface area contributed by atoms with Gasteiger partial charge in [0.2, 0.25) is 0 Å². The number of carbonyl (C=O) groups is 1. The minimum Gasteiger partial charge on any atom is -0.399 e. The van der Waals surface area contributed by atoms with Gasteiger partial charge < -0.3 is 15.4 Å². The van der Waals surface area contributed by atoms with Crippen LogP contribution >= 0.6 is 12.4 Å². The van der Waals surface area contributed by atoms with Crippen LogP contribution in [-0.2, 0) is 4.74 Å². The van der Waals surface area contributed by atoms with Crippen LogP contribution in [0.5, 0.6) is 0 Å². The molecule has 0 aromatic heterocycles. The van der Waals surface area contributed by atoms with E-state index in [0.29, 0.717) is 24.4 Å². The maximum absolute atomic E-state index is 13.2. The molecule has 1 aliphatic rings. The van der Waals surface area contributed by atoms with Crippen molar-refractivity contribution in [2.24, 2.45) is 0 Å². The van der Waals surface area contributed by atoms with Crippen molar-refractivity contribution < 1.29 is 9.53 Å². The number of hydrogen-bond donors (Lipinski definition) is 1. The minimum atomic E-state index is -0.362. The average Bonchev–Trinajstić information content (AvgIpc) is 2.57. The molecule has 2 aromatic carbocycles. The van der Waals surface area contributed by atoms with E-state index in [4.69, 9.17) is 10.5 Å². The van der Waals surface area contributed by atoms with E-state index in [1.807, 2.05) is 68.1 Å². The van der Waals surface area contributed by atoms with Gasteiger partial charge in [0.25, 0.3) is 5.91 Å². The molecule has 0 bridgehead atoms. The maximum atomic E-state index is 13.2. The van der Waals surface area contributed by atoms with Crippen LogP contribution in [0.4, 0.5) is 5.69 Å². The lowest BCUT2D eigenvalue weighted by atomic mass is 9.96. The lowest BCUT2D eigenvalue weighted by Gasteiger charge is -2.45. The summed E-state index contributed by atoms with van der Waals surface area (Å²) in [5.74, 6) is 0.00836. The van der Waals surface area contributed by atoms with Crippen LogP contribution in [0.2, 0.25) is 0 Å². The van der Waals surface area contributed by atoms with Crippen molar-refractivity contribution >= 4 is 24.0 Å². The summed E-state index contributed by atoms with van der Waals surface area (Å²) in [4.78, 5) is 15.1. The Balaban J connectivity index is 0.00000225. The standard InChI is InChI=1S/C20H24N2O2.ClH/c1-14-9-10-16(21)11-17(14)19(23)22-12-18(24-13-20(22,2)3)15-7-5-4-6-8-15;/h4-11,18H,12-13,21H2,1-3H3;1H. The second-order valence-corrected chi connectivity index (χ2v) is 7.01. The molecule has 0 radical (unpaired) electrons. The molecule has 25 heavy (non-hydrogen) atoms. The van der Waals surface area contributed by atoms with Crippen LogP contribution in [0.3, 0.4) is 0 Å². The highest BCUT2D eigenvalue weighted by molar-refractivity contribution is 5.97.